The highest BCUT2D eigenvalue weighted by molar-refractivity contribution is 6.33. The number of halogens is 1. The number of nitrogens with one attached hydrogen (secondary N) is 1. The smallest absolute Gasteiger partial charge is 0.302 e. The molecular weight excluding hydrogens is 424 g/mol. The second kappa shape index (κ2) is 10.5. The second-order valence-electron chi connectivity index (χ2n) is 7.57. The Hall–Kier alpha value is -2.81. The average molecular weight is 451 g/mol. The maximum Gasteiger partial charge on any atom is 0.302 e. The molecule has 1 saturated heterocycles. The number of ether oxygens (including phenoxy) is 2. The number of fused-ring (bicyclic) bond motifs is 2. The van der Waals surface area contributed by atoms with Gasteiger partial charge in [0.15, 0.2) is 0 Å². The number of carbonyl (C=O) groups is 3. The second-order valence-corrected chi connectivity index (χ2v) is 7.95. The van der Waals surface area contributed by atoms with E-state index in [-0.39, 0.29) is 18.3 Å². The molecule has 1 atom stereocenters. The summed E-state index contributed by atoms with van der Waals surface area (Å²) in [6.45, 7) is 2.75. The van der Waals surface area contributed by atoms with Crippen LogP contribution in [0.25, 0.3) is 0 Å². The fourth-order valence-electron chi connectivity index (χ4n) is 3.60. The average Bonchev–Trinajstić information content (AvgIpc) is 3.00. The van der Waals surface area contributed by atoms with Crippen molar-refractivity contribution < 1.29 is 23.9 Å². The molecule has 2 aliphatic rings. The SMILES string of the molecule is CC(=O)OCCCCCCCOc1ccc2c(c1Cl)CN1C(=N2)NC(=O)C1CC(N)=O. The quantitative estimate of drug-likeness (QED) is 0.394. The van der Waals surface area contributed by atoms with Crippen molar-refractivity contribution in [2.24, 2.45) is 10.7 Å². The molecule has 168 valence electrons. The van der Waals surface area contributed by atoms with Gasteiger partial charge in [0.1, 0.15) is 11.8 Å². The molecule has 3 rings (SSSR count). The molecule has 1 aromatic rings. The third-order valence-electron chi connectivity index (χ3n) is 5.17. The number of hydrogen-bond donors (Lipinski definition) is 2. The standard InChI is InChI=1S/C21H27ClN4O5/c1-13(27)30-9-5-3-2-4-6-10-31-17-8-7-15-14(19(17)22)12-26-16(11-18(23)28)20(29)25-21(26)24-15/h7-8,16H,2-6,9-12H2,1H3,(H2,23,28)(H,24,25,29). The molecule has 0 radical (unpaired) electrons. The van der Waals surface area contributed by atoms with E-state index in [1.165, 1.54) is 6.92 Å². The summed E-state index contributed by atoms with van der Waals surface area (Å²) in [6.07, 6.45) is 4.71. The summed E-state index contributed by atoms with van der Waals surface area (Å²) in [5.41, 5.74) is 6.69. The van der Waals surface area contributed by atoms with Crippen LogP contribution in [-0.2, 0) is 25.7 Å². The number of unbranched alkanes of at least 4 members (excludes halogenated alkanes) is 4. The lowest BCUT2D eigenvalue weighted by molar-refractivity contribution is -0.141. The predicted octanol–water partition coefficient (Wildman–Crippen LogP) is 2.41. The molecule has 0 spiro atoms. The molecule has 0 aromatic heterocycles. The zero-order chi connectivity index (χ0) is 22.4. The van der Waals surface area contributed by atoms with Gasteiger partial charge in [-0.15, -0.1) is 0 Å². The summed E-state index contributed by atoms with van der Waals surface area (Å²) >= 11 is 6.57. The van der Waals surface area contributed by atoms with Crippen LogP contribution in [0.5, 0.6) is 5.75 Å². The normalized spacial score (nSPS) is 16.8. The number of amides is 2. The zero-order valence-corrected chi connectivity index (χ0v) is 18.2. The number of aliphatic imine (C=N–C) groups is 1. The van der Waals surface area contributed by atoms with Crippen LogP contribution in [0.1, 0.15) is 51.0 Å². The van der Waals surface area contributed by atoms with Crippen molar-refractivity contribution in [3.8, 4) is 5.75 Å². The van der Waals surface area contributed by atoms with Crippen LogP contribution in [0.4, 0.5) is 5.69 Å². The van der Waals surface area contributed by atoms with E-state index in [0.29, 0.717) is 42.2 Å². The Balaban J connectivity index is 1.50. The first-order chi connectivity index (χ1) is 14.9. The highest BCUT2D eigenvalue weighted by atomic mass is 35.5. The van der Waals surface area contributed by atoms with Crippen molar-refractivity contribution in [3.05, 3.63) is 22.7 Å². The number of benzene rings is 1. The number of nitrogens with two attached hydrogens (primary N) is 1. The highest BCUT2D eigenvalue weighted by Crippen LogP contribution is 2.39. The van der Waals surface area contributed by atoms with Crippen molar-refractivity contribution in [1.29, 1.82) is 0 Å². The Morgan fingerprint density at radius 3 is 2.65 bits per heavy atom. The van der Waals surface area contributed by atoms with Gasteiger partial charge >= 0.3 is 5.97 Å². The van der Waals surface area contributed by atoms with Gasteiger partial charge in [0, 0.05) is 12.5 Å². The van der Waals surface area contributed by atoms with Gasteiger partial charge in [0.2, 0.25) is 17.8 Å². The minimum Gasteiger partial charge on any atom is -0.492 e. The maximum absolute atomic E-state index is 12.2. The Morgan fingerprint density at radius 2 is 1.94 bits per heavy atom. The van der Waals surface area contributed by atoms with Crippen LogP contribution in [0.15, 0.2) is 17.1 Å². The van der Waals surface area contributed by atoms with E-state index < -0.39 is 11.9 Å². The lowest BCUT2D eigenvalue weighted by atomic mass is 10.1. The van der Waals surface area contributed by atoms with Gasteiger partial charge < -0.3 is 20.1 Å². The van der Waals surface area contributed by atoms with E-state index in [1.807, 2.05) is 6.07 Å². The predicted molar refractivity (Wildman–Crippen MR) is 115 cm³/mol. The van der Waals surface area contributed by atoms with Crippen molar-refractivity contribution in [3.63, 3.8) is 0 Å². The van der Waals surface area contributed by atoms with Crippen LogP contribution in [0.2, 0.25) is 5.02 Å². The van der Waals surface area contributed by atoms with Crippen LogP contribution in [0.3, 0.4) is 0 Å². The van der Waals surface area contributed by atoms with E-state index in [1.54, 1.807) is 11.0 Å². The first-order valence-corrected chi connectivity index (χ1v) is 10.8. The van der Waals surface area contributed by atoms with Crippen LogP contribution in [-0.4, -0.2) is 47.9 Å². The molecule has 10 heteroatoms. The van der Waals surface area contributed by atoms with Gasteiger partial charge in [-0.1, -0.05) is 30.9 Å². The van der Waals surface area contributed by atoms with Crippen molar-refractivity contribution >= 4 is 41.0 Å². The summed E-state index contributed by atoms with van der Waals surface area (Å²) in [5, 5.41) is 3.15. The molecule has 31 heavy (non-hydrogen) atoms. The molecule has 1 aromatic carbocycles. The van der Waals surface area contributed by atoms with Crippen LogP contribution in [0, 0.1) is 0 Å². The number of primary amides is 1. The molecule has 3 N–H and O–H groups in total. The lowest BCUT2D eigenvalue weighted by Crippen LogP contribution is -2.39. The number of hydrogen-bond acceptors (Lipinski definition) is 7. The van der Waals surface area contributed by atoms with Crippen LogP contribution < -0.4 is 15.8 Å². The molecule has 0 aliphatic carbocycles. The molecule has 9 nitrogen and oxygen atoms in total. The van der Waals surface area contributed by atoms with Gasteiger partial charge in [-0.2, -0.15) is 0 Å². The summed E-state index contributed by atoms with van der Waals surface area (Å²) < 4.78 is 10.8. The molecule has 1 fully saturated rings. The van der Waals surface area contributed by atoms with Gasteiger partial charge in [0.05, 0.1) is 36.9 Å². The van der Waals surface area contributed by atoms with Crippen molar-refractivity contribution in [2.75, 3.05) is 13.2 Å². The Morgan fingerprint density at radius 1 is 1.23 bits per heavy atom. The number of rotatable bonds is 11. The summed E-state index contributed by atoms with van der Waals surface area (Å²) in [4.78, 5) is 40.4. The van der Waals surface area contributed by atoms with Gasteiger partial charge in [-0.25, -0.2) is 4.99 Å². The Labute approximate surface area is 185 Å². The fourth-order valence-corrected chi connectivity index (χ4v) is 3.87. The van der Waals surface area contributed by atoms with E-state index in [2.05, 4.69) is 10.3 Å². The number of esters is 1. The van der Waals surface area contributed by atoms with E-state index >= 15 is 0 Å². The van der Waals surface area contributed by atoms with Gasteiger partial charge in [-0.3, -0.25) is 19.7 Å². The molecule has 2 heterocycles. The van der Waals surface area contributed by atoms with Gasteiger partial charge in [-0.05, 0) is 25.0 Å². The summed E-state index contributed by atoms with van der Waals surface area (Å²) in [6, 6.07) is 2.90. The van der Waals surface area contributed by atoms with E-state index in [9.17, 15) is 14.4 Å². The van der Waals surface area contributed by atoms with E-state index in [0.717, 1.165) is 37.7 Å². The molecule has 2 aliphatic heterocycles. The Bertz CT molecular complexity index is 889. The largest absolute Gasteiger partial charge is 0.492 e. The van der Waals surface area contributed by atoms with Crippen LogP contribution >= 0.6 is 11.6 Å². The number of guanidine groups is 1. The molecule has 2 amide bonds. The van der Waals surface area contributed by atoms with E-state index in [4.69, 9.17) is 26.8 Å². The number of nitrogens with zero attached hydrogens (tertiary/aromatic N) is 2. The lowest BCUT2D eigenvalue weighted by Gasteiger charge is -2.28. The fraction of sp³-hybridized carbons (Fsp3) is 0.524. The first kappa shape index (κ1) is 22.9. The summed E-state index contributed by atoms with van der Waals surface area (Å²) in [5.74, 6) is -0.123. The zero-order valence-electron chi connectivity index (χ0n) is 17.5. The maximum atomic E-state index is 12.2. The third-order valence-corrected chi connectivity index (χ3v) is 5.58. The monoisotopic (exact) mass is 450 g/mol. The summed E-state index contributed by atoms with van der Waals surface area (Å²) in [7, 11) is 0. The minimum absolute atomic E-state index is 0.0884. The molecule has 0 saturated carbocycles. The van der Waals surface area contributed by atoms with Crippen molar-refractivity contribution in [1.82, 2.24) is 10.2 Å². The first-order valence-electron chi connectivity index (χ1n) is 10.4. The Kier molecular flexibility index (Phi) is 7.73. The minimum atomic E-state index is -0.689. The topological polar surface area (TPSA) is 123 Å². The molecular formula is C21H27ClN4O5. The number of carbonyl (C=O) groups excluding carboxylic acids is 3. The van der Waals surface area contributed by atoms with Gasteiger partial charge in [0.25, 0.3) is 0 Å². The molecule has 1 unspecified atom stereocenters. The third kappa shape index (κ3) is 5.88. The highest BCUT2D eigenvalue weighted by Gasteiger charge is 2.40. The molecule has 0 bridgehead atoms. The van der Waals surface area contributed by atoms with Crippen molar-refractivity contribution in [2.45, 2.75) is 58.0 Å².